The molecule has 0 spiro atoms. The number of pyridine rings is 8. The molecule has 0 aliphatic heterocycles. The number of rotatable bonds is 22. The molecule has 8 aromatic rings. The summed E-state index contributed by atoms with van der Waals surface area (Å²) in [5, 5.41) is 0. The number of aromatic nitrogens is 8. The van der Waals surface area contributed by atoms with Crippen LogP contribution < -0.4 is 43.5 Å². The molecular weight excluding hydrogens is 1090 g/mol. The zero-order valence-electron chi connectivity index (χ0n) is 37.0. The van der Waals surface area contributed by atoms with Crippen molar-refractivity contribution in [2.75, 3.05) is 24.6 Å². The van der Waals surface area contributed by atoms with Crippen LogP contribution in [0.3, 0.4) is 0 Å². The Morgan fingerprint density at radius 3 is 0.515 bits per heavy atom. The fraction of sp³-hybridized carbons (Fsp3) is 0.231. The Labute approximate surface area is 412 Å². The van der Waals surface area contributed by atoms with Gasteiger partial charge in [0.1, 0.15) is 0 Å². The van der Waals surface area contributed by atoms with E-state index in [1.165, 1.54) is 94.8 Å². The predicted molar refractivity (Wildman–Crippen MR) is 281 cm³/mol. The molecule has 0 N–H and O–H groups in total. The summed E-state index contributed by atoms with van der Waals surface area (Å²) in [6, 6.07) is 49.7. The number of nitrogens with zero attached hydrogens (tertiary/aromatic N) is 8. The average Bonchev–Trinajstić information content (AvgIpc) is 3.41. The first kappa shape index (κ1) is 51.3. The summed E-state index contributed by atoms with van der Waals surface area (Å²) in [5.41, 5.74) is 9.41. The van der Waals surface area contributed by atoms with Gasteiger partial charge in [-0.05, 0) is 179 Å². The van der Waals surface area contributed by atoms with Gasteiger partial charge in [0.25, 0.3) is 0 Å². The van der Waals surface area contributed by atoms with Gasteiger partial charge in [-0.25, -0.2) is 0 Å². The summed E-state index contributed by atoms with van der Waals surface area (Å²) in [5.74, 6) is 0. The molecule has 8 heterocycles. The smallest absolute Gasteiger partial charge is 0.0692 e. The van der Waals surface area contributed by atoms with Gasteiger partial charge in [-0.1, -0.05) is 74.2 Å². The van der Waals surface area contributed by atoms with Crippen molar-refractivity contribution in [3.63, 3.8) is 0 Å². The van der Waals surface area contributed by atoms with Gasteiger partial charge in [-0.2, -0.15) is 0 Å². The zero-order valence-corrected chi connectivity index (χ0v) is 43.5. The molecule has 0 aliphatic rings. The molecule has 0 saturated carbocycles. The maximum Gasteiger partial charge on any atom is 0.0692 e. The van der Waals surface area contributed by atoms with E-state index in [0.29, 0.717) is 0 Å². The van der Waals surface area contributed by atoms with Crippen molar-refractivity contribution < 1.29 is 20.0 Å². The third-order valence-corrected chi connectivity index (χ3v) is 20.0. The zero-order chi connectivity index (χ0) is 45.7. The Hall–Kier alpha value is -4.05. The van der Waals surface area contributed by atoms with Crippen molar-refractivity contribution in [1.29, 1.82) is 0 Å². The van der Waals surface area contributed by atoms with Gasteiger partial charge in [-0.3, -0.25) is 39.9 Å². The fourth-order valence-electron chi connectivity index (χ4n) is 7.28. The Kier molecular flexibility index (Phi) is 24.2. The summed E-state index contributed by atoms with van der Waals surface area (Å²) in [4.78, 5) is 37.1. The van der Waals surface area contributed by atoms with E-state index in [0.717, 1.165) is 24.6 Å². The van der Waals surface area contributed by atoms with E-state index in [1.807, 2.05) is 98.1 Å². The van der Waals surface area contributed by atoms with Gasteiger partial charge in [0.2, 0.25) is 0 Å². The van der Waals surface area contributed by atoms with Crippen LogP contribution in [0.15, 0.2) is 195 Å². The van der Waals surface area contributed by atoms with E-state index < -0.39 is 31.7 Å². The fourth-order valence-corrected chi connectivity index (χ4v) is 16.0. The van der Waals surface area contributed by atoms with Crippen molar-refractivity contribution in [2.24, 2.45) is 0 Å². The molecule has 66 heavy (non-hydrogen) atoms. The molecule has 0 saturated heterocycles. The molecule has 0 bridgehead atoms. The number of hydrogen-bond acceptors (Lipinski definition) is 8. The topological polar surface area (TPSA) is 103 Å². The van der Waals surface area contributed by atoms with Crippen LogP contribution in [0.1, 0.15) is 51.4 Å². The maximum absolute atomic E-state index is 4.64. The molecule has 14 heteroatoms. The molecule has 0 aliphatic carbocycles. The molecular formula is C52H56AuClN8P4. The van der Waals surface area contributed by atoms with Crippen molar-refractivity contribution >= 4 is 84.4 Å². The predicted octanol–water partition coefficient (Wildman–Crippen LogP) is 9.47. The van der Waals surface area contributed by atoms with Crippen LogP contribution in [0.4, 0.5) is 0 Å². The van der Waals surface area contributed by atoms with E-state index in [1.54, 1.807) is 20.0 Å². The van der Waals surface area contributed by atoms with E-state index in [-0.39, 0.29) is 0 Å². The number of unbranched alkanes of at least 4 members (excludes halogenated alkanes) is 6. The Morgan fingerprint density at radius 2 is 0.394 bits per heavy atom. The van der Waals surface area contributed by atoms with E-state index >= 15 is 0 Å². The van der Waals surface area contributed by atoms with Crippen LogP contribution in [0.5, 0.6) is 0 Å². The molecule has 0 fully saturated rings. The second-order valence-electron chi connectivity index (χ2n) is 14.9. The molecule has 8 aromatic heterocycles. The Balaban J connectivity index is 0.000000210. The van der Waals surface area contributed by atoms with Gasteiger partial charge < -0.3 is 0 Å². The summed E-state index contributed by atoms with van der Waals surface area (Å²) in [6.07, 6.45) is 29.4. The third kappa shape index (κ3) is 17.2. The molecule has 342 valence electrons. The molecule has 0 radical (unpaired) electrons. The minimum absolute atomic E-state index is 0.495. The van der Waals surface area contributed by atoms with E-state index in [2.05, 4.69) is 146 Å². The summed E-state index contributed by atoms with van der Waals surface area (Å²) in [6.45, 7) is 0. The standard InChI is InChI=1S/2C26H28N4P2.Au.ClH/c2*1(11-21-31(23-13-3-7-17-27-23)24-14-4-8-18-28-24)2-12-22-32(25-15-5-9-19-29-25)26-16-6-10-20-30-26;;/h2*3-10,13-20H,1-2,11-12,21-22H2;;1H/q;;+1;/p-1. The largest absolute Gasteiger partial charge is 0.256 e. The van der Waals surface area contributed by atoms with Crippen molar-refractivity contribution in [3.05, 3.63) is 195 Å². The molecule has 8 nitrogen and oxygen atoms in total. The van der Waals surface area contributed by atoms with Crippen molar-refractivity contribution in [2.45, 2.75) is 51.4 Å². The van der Waals surface area contributed by atoms with E-state index in [9.17, 15) is 0 Å². The Morgan fingerprint density at radius 1 is 0.242 bits per heavy atom. The minimum atomic E-state index is -0.495. The van der Waals surface area contributed by atoms with E-state index in [4.69, 9.17) is 0 Å². The second kappa shape index (κ2) is 31.1. The van der Waals surface area contributed by atoms with Gasteiger partial charge in [0.15, 0.2) is 0 Å². The van der Waals surface area contributed by atoms with Gasteiger partial charge in [0, 0.05) is 49.6 Å². The molecule has 0 aromatic carbocycles. The first-order valence-corrected chi connectivity index (χ1v) is 31.1. The van der Waals surface area contributed by atoms with Gasteiger partial charge >= 0.3 is 29.2 Å². The van der Waals surface area contributed by atoms with Crippen LogP contribution in [-0.2, 0) is 20.0 Å². The Bertz CT molecular complexity index is 1930. The molecule has 8 rings (SSSR count). The summed E-state index contributed by atoms with van der Waals surface area (Å²) >= 11 is 1.75. The van der Waals surface area contributed by atoms with Crippen LogP contribution in [0, 0.1) is 0 Å². The second-order valence-corrected chi connectivity index (χ2v) is 23.8. The SMILES string of the molecule is [Cl][Au].c1ccc(P(CCCCCCP(c2ccccn2)c2ccccn2)c2ccccn2)nc1.c1ccc(P(CCCCCCP(c2ccccn2)c2ccccn2)c2ccccn2)nc1. The van der Waals surface area contributed by atoms with Crippen molar-refractivity contribution in [1.82, 2.24) is 39.9 Å². The van der Waals surface area contributed by atoms with Crippen LogP contribution in [0.25, 0.3) is 0 Å². The third-order valence-electron chi connectivity index (χ3n) is 10.4. The maximum atomic E-state index is 4.64. The number of halogens is 1. The first-order valence-electron chi connectivity index (χ1n) is 22.3. The molecule has 0 atom stereocenters. The molecule has 0 unspecified atom stereocenters. The summed E-state index contributed by atoms with van der Waals surface area (Å²) < 4.78 is 0. The van der Waals surface area contributed by atoms with Crippen LogP contribution in [0.2, 0.25) is 0 Å². The normalized spacial score (nSPS) is 11.0. The minimum Gasteiger partial charge on any atom is -0.256 e. The monoisotopic (exact) mass is 1150 g/mol. The van der Waals surface area contributed by atoms with Crippen molar-refractivity contribution in [3.8, 4) is 0 Å². The number of hydrogen-bond donors (Lipinski definition) is 0. The van der Waals surface area contributed by atoms with Crippen LogP contribution >= 0.6 is 40.9 Å². The van der Waals surface area contributed by atoms with Crippen LogP contribution in [-0.4, -0.2) is 64.5 Å². The quantitative estimate of drug-likeness (QED) is 0.0376. The average molecular weight is 1150 g/mol. The van der Waals surface area contributed by atoms with Gasteiger partial charge in [-0.15, -0.1) is 0 Å². The summed E-state index contributed by atoms with van der Waals surface area (Å²) in [7, 11) is 2.60. The molecule has 0 amide bonds. The first-order chi connectivity index (χ1) is 32.8. The van der Waals surface area contributed by atoms with Gasteiger partial charge in [0.05, 0.1) is 43.5 Å².